The molecule has 3 aromatic heterocycles. The number of unbranched alkanes of at least 4 members (excludes halogenated alkanes) is 1. The van der Waals surface area contributed by atoms with Crippen molar-refractivity contribution in [1.82, 2.24) is 30.1 Å². The van der Waals surface area contributed by atoms with Gasteiger partial charge in [0.05, 0.1) is 5.56 Å². The number of pyridine rings is 1. The van der Waals surface area contributed by atoms with Gasteiger partial charge < -0.3 is 9.32 Å². The molecule has 0 saturated carbocycles. The lowest BCUT2D eigenvalue weighted by atomic mass is 10.1. The number of rotatable bonds is 7. The summed E-state index contributed by atoms with van der Waals surface area (Å²) in [6, 6.07) is 15.8. The minimum Gasteiger partial charge on any atom is -0.459 e. The average molecular weight is 443 g/mol. The molecule has 1 saturated heterocycles. The maximum atomic E-state index is 9.47. The zero-order chi connectivity index (χ0) is 22.6. The molecule has 1 aliphatic rings. The van der Waals surface area contributed by atoms with Crippen LogP contribution >= 0.6 is 0 Å². The van der Waals surface area contributed by atoms with Gasteiger partial charge in [0.25, 0.3) is 0 Å². The Labute approximate surface area is 192 Å². The number of benzene rings is 1. The van der Waals surface area contributed by atoms with Gasteiger partial charge >= 0.3 is 0 Å². The van der Waals surface area contributed by atoms with Crippen LogP contribution in [0, 0.1) is 11.3 Å². The quantitative estimate of drug-likeness (QED) is 0.429. The van der Waals surface area contributed by atoms with Crippen molar-refractivity contribution < 1.29 is 4.42 Å². The van der Waals surface area contributed by atoms with Gasteiger partial charge in [-0.25, -0.2) is 9.67 Å². The number of hydrogen-bond donors (Lipinski definition) is 0. The zero-order valence-electron chi connectivity index (χ0n) is 18.6. The van der Waals surface area contributed by atoms with E-state index in [2.05, 4.69) is 55.4 Å². The Bertz CT molecular complexity index is 1230. The van der Waals surface area contributed by atoms with Crippen LogP contribution in [0.4, 0.5) is 5.82 Å². The Morgan fingerprint density at radius 1 is 1.12 bits per heavy atom. The Morgan fingerprint density at radius 2 is 1.97 bits per heavy atom. The molecule has 9 heteroatoms. The molecule has 5 rings (SSSR count). The fraction of sp³-hybridized carbons (Fsp3) is 0.375. The van der Waals surface area contributed by atoms with Crippen LogP contribution in [-0.2, 0) is 6.54 Å². The molecule has 168 valence electrons. The predicted octanol–water partition coefficient (Wildman–Crippen LogP) is 3.40. The van der Waals surface area contributed by atoms with Crippen molar-refractivity contribution in [3.05, 3.63) is 65.8 Å². The molecule has 0 spiro atoms. The first kappa shape index (κ1) is 21.1. The number of nitriles is 1. The van der Waals surface area contributed by atoms with Crippen molar-refractivity contribution in [3.8, 4) is 6.07 Å². The summed E-state index contributed by atoms with van der Waals surface area (Å²) in [7, 11) is 0. The highest BCUT2D eigenvalue weighted by Gasteiger charge is 2.33. The minimum atomic E-state index is -0.189. The highest BCUT2D eigenvalue weighted by molar-refractivity contribution is 5.77. The zero-order valence-corrected chi connectivity index (χ0v) is 18.6. The van der Waals surface area contributed by atoms with Gasteiger partial charge in [0.1, 0.15) is 29.3 Å². The first-order valence-corrected chi connectivity index (χ1v) is 11.4. The highest BCUT2D eigenvalue weighted by atomic mass is 16.3. The number of nitrogens with zero attached hydrogens (tertiary/aromatic N) is 8. The van der Waals surface area contributed by atoms with Crippen LogP contribution in [0.15, 0.2) is 53.1 Å². The smallest absolute Gasteiger partial charge is 0.176 e. The minimum absolute atomic E-state index is 0.189. The van der Waals surface area contributed by atoms with Gasteiger partial charge in [-0.15, -0.1) is 5.10 Å². The third-order valence-corrected chi connectivity index (χ3v) is 6.13. The standard InChI is InChI=1S/C24H26N8O/c1-2-3-11-32-24(27-28-29-32)22(21-16-18-7-4-5-9-20(18)33-21)30-12-14-31(15-13-30)23-19(17-25)8-6-10-26-23/h4-10,16,22H,2-3,11-15H2,1H3. The summed E-state index contributed by atoms with van der Waals surface area (Å²) in [6.45, 7) is 5.97. The number of tetrazole rings is 1. The molecule has 0 aliphatic carbocycles. The van der Waals surface area contributed by atoms with E-state index in [1.54, 1.807) is 12.3 Å². The van der Waals surface area contributed by atoms with Crippen LogP contribution < -0.4 is 4.90 Å². The second-order valence-electron chi connectivity index (χ2n) is 8.21. The summed E-state index contributed by atoms with van der Waals surface area (Å²) in [5, 5.41) is 23.2. The van der Waals surface area contributed by atoms with Crippen LogP contribution in [0.5, 0.6) is 0 Å². The topological polar surface area (TPSA) is 99.9 Å². The summed E-state index contributed by atoms with van der Waals surface area (Å²) in [5.74, 6) is 2.38. The monoisotopic (exact) mass is 442 g/mol. The Kier molecular flexibility index (Phi) is 6.00. The maximum absolute atomic E-state index is 9.47. The molecule has 0 bridgehead atoms. The number of para-hydroxylation sites is 1. The van der Waals surface area contributed by atoms with E-state index in [9.17, 15) is 5.26 Å². The fourth-order valence-corrected chi connectivity index (χ4v) is 4.41. The van der Waals surface area contributed by atoms with E-state index in [4.69, 9.17) is 4.42 Å². The molecular formula is C24H26N8O. The van der Waals surface area contributed by atoms with Gasteiger partial charge in [-0.1, -0.05) is 31.5 Å². The first-order chi connectivity index (χ1) is 16.3. The van der Waals surface area contributed by atoms with Gasteiger partial charge in [-0.3, -0.25) is 4.90 Å². The number of fused-ring (bicyclic) bond motifs is 1. The lowest BCUT2D eigenvalue weighted by Crippen LogP contribution is -2.48. The van der Waals surface area contributed by atoms with Crippen LogP contribution in [0.3, 0.4) is 0 Å². The number of hydrogen-bond acceptors (Lipinski definition) is 8. The first-order valence-electron chi connectivity index (χ1n) is 11.4. The maximum Gasteiger partial charge on any atom is 0.176 e. The summed E-state index contributed by atoms with van der Waals surface area (Å²) < 4.78 is 8.20. The van der Waals surface area contributed by atoms with E-state index >= 15 is 0 Å². The van der Waals surface area contributed by atoms with E-state index < -0.39 is 0 Å². The lowest BCUT2D eigenvalue weighted by Gasteiger charge is -2.38. The van der Waals surface area contributed by atoms with Gasteiger partial charge in [-0.05, 0) is 41.1 Å². The van der Waals surface area contributed by atoms with E-state index in [0.717, 1.165) is 73.9 Å². The van der Waals surface area contributed by atoms with Crippen LogP contribution in [0.2, 0.25) is 0 Å². The summed E-state index contributed by atoms with van der Waals surface area (Å²) >= 11 is 0. The van der Waals surface area contributed by atoms with Gasteiger partial charge in [0.2, 0.25) is 0 Å². The molecule has 1 aliphatic heterocycles. The molecule has 1 unspecified atom stereocenters. The molecule has 1 fully saturated rings. The Hall–Kier alpha value is -3.77. The average Bonchev–Trinajstić information content (AvgIpc) is 3.50. The number of furan rings is 1. The normalized spacial score (nSPS) is 15.6. The second kappa shape index (κ2) is 9.38. The summed E-state index contributed by atoms with van der Waals surface area (Å²) in [4.78, 5) is 8.99. The molecule has 4 aromatic rings. The largest absolute Gasteiger partial charge is 0.459 e. The number of piperazine rings is 1. The Balaban J connectivity index is 1.45. The number of aryl methyl sites for hydroxylation is 1. The molecule has 0 N–H and O–H groups in total. The van der Waals surface area contributed by atoms with Gasteiger partial charge in [0.15, 0.2) is 5.82 Å². The van der Waals surface area contributed by atoms with E-state index in [1.165, 1.54) is 0 Å². The van der Waals surface area contributed by atoms with E-state index in [-0.39, 0.29) is 6.04 Å². The van der Waals surface area contributed by atoms with Crippen molar-refractivity contribution in [2.75, 3.05) is 31.1 Å². The van der Waals surface area contributed by atoms with Crippen molar-refractivity contribution in [3.63, 3.8) is 0 Å². The molecule has 1 atom stereocenters. The second-order valence-corrected chi connectivity index (χ2v) is 8.21. The summed E-state index contributed by atoms with van der Waals surface area (Å²) in [5.41, 5.74) is 1.46. The molecule has 1 aromatic carbocycles. The predicted molar refractivity (Wildman–Crippen MR) is 124 cm³/mol. The molecule has 4 heterocycles. The number of anilines is 1. The molecule has 9 nitrogen and oxygen atoms in total. The van der Waals surface area contributed by atoms with E-state index in [1.807, 2.05) is 28.9 Å². The van der Waals surface area contributed by atoms with Crippen molar-refractivity contribution >= 4 is 16.8 Å². The number of aromatic nitrogens is 5. The van der Waals surface area contributed by atoms with Crippen LogP contribution in [0.25, 0.3) is 11.0 Å². The van der Waals surface area contributed by atoms with Crippen molar-refractivity contribution in [2.24, 2.45) is 0 Å². The molecule has 0 amide bonds. The Morgan fingerprint density at radius 3 is 2.76 bits per heavy atom. The van der Waals surface area contributed by atoms with E-state index in [0.29, 0.717) is 5.56 Å². The highest BCUT2D eigenvalue weighted by Crippen LogP contribution is 2.33. The van der Waals surface area contributed by atoms with Gasteiger partial charge in [-0.2, -0.15) is 5.26 Å². The van der Waals surface area contributed by atoms with Crippen LogP contribution in [0.1, 0.15) is 43.0 Å². The third kappa shape index (κ3) is 4.17. The fourth-order valence-electron chi connectivity index (χ4n) is 4.41. The van der Waals surface area contributed by atoms with Crippen LogP contribution in [-0.4, -0.2) is 56.3 Å². The van der Waals surface area contributed by atoms with Crippen molar-refractivity contribution in [2.45, 2.75) is 32.4 Å². The van der Waals surface area contributed by atoms with Crippen molar-refractivity contribution in [1.29, 1.82) is 5.26 Å². The third-order valence-electron chi connectivity index (χ3n) is 6.13. The molecule has 0 radical (unpaired) electrons. The lowest BCUT2D eigenvalue weighted by molar-refractivity contribution is 0.182. The SMILES string of the molecule is CCCCn1nnnc1C(c1cc2ccccc2o1)N1CCN(c2ncccc2C#N)CC1. The molecular weight excluding hydrogens is 416 g/mol. The molecule has 33 heavy (non-hydrogen) atoms. The summed E-state index contributed by atoms with van der Waals surface area (Å²) in [6.07, 6.45) is 3.81. The van der Waals surface area contributed by atoms with Gasteiger partial charge in [0, 0.05) is 44.3 Å².